The van der Waals surface area contributed by atoms with Crippen LogP contribution >= 0.6 is 0 Å². The Kier molecular flexibility index (Phi) is 6.52. The number of Topliss-reactive ketones (excluding diaryl/α,β-unsaturated/α-hetero) is 1. The van der Waals surface area contributed by atoms with Crippen LogP contribution in [-0.2, 0) is 4.79 Å². The molecule has 0 amide bonds. The average molecular weight is 348 g/mol. The standard InChI is InChI=1S/C18H24N2O5/c1-4-19-8-7-16(21)14(12-19)9-13-10-15(20(22)23)18(25-6-3)11-17(13)24-5-2/h9-11H,4-8,12H2,1-3H3/b14-9+. The zero-order chi connectivity index (χ0) is 18.4. The van der Waals surface area contributed by atoms with Gasteiger partial charge in [0.05, 0.1) is 18.1 Å². The zero-order valence-corrected chi connectivity index (χ0v) is 14.9. The lowest BCUT2D eigenvalue weighted by Crippen LogP contribution is -2.35. The summed E-state index contributed by atoms with van der Waals surface area (Å²) in [5.41, 5.74) is 1.04. The fourth-order valence-corrected chi connectivity index (χ4v) is 2.79. The molecule has 0 aliphatic carbocycles. The van der Waals surface area contributed by atoms with E-state index in [2.05, 4.69) is 4.90 Å². The maximum atomic E-state index is 12.2. The summed E-state index contributed by atoms with van der Waals surface area (Å²) in [6.45, 7) is 8.51. The number of likely N-dealkylation sites (tertiary alicyclic amines) is 1. The number of ketones is 1. The third-order valence-electron chi connectivity index (χ3n) is 4.07. The van der Waals surface area contributed by atoms with Crippen LogP contribution in [0.25, 0.3) is 6.08 Å². The summed E-state index contributed by atoms with van der Waals surface area (Å²) in [6.07, 6.45) is 2.17. The van der Waals surface area contributed by atoms with E-state index in [0.717, 1.165) is 13.1 Å². The highest BCUT2D eigenvalue weighted by Gasteiger charge is 2.23. The van der Waals surface area contributed by atoms with Crippen molar-refractivity contribution in [2.75, 3.05) is 32.8 Å². The van der Waals surface area contributed by atoms with Gasteiger partial charge in [0.1, 0.15) is 5.75 Å². The van der Waals surface area contributed by atoms with Crippen molar-refractivity contribution in [1.29, 1.82) is 0 Å². The maximum Gasteiger partial charge on any atom is 0.311 e. The van der Waals surface area contributed by atoms with Crippen molar-refractivity contribution in [1.82, 2.24) is 4.90 Å². The van der Waals surface area contributed by atoms with Crippen LogP contribution in [-0.4, -0.2) is 48.5 Å². The molecule has 7 heteroatoms. The van der Waals surface area contributed by atoms with Crippen LogP contribution in [0.1, 0.15) is 32.8 Å². The van der Waals surface area contributed by atoms with Gasteiger partial charge in [-0.25, -0.2) is 0 Å². The summed E-state index contributed by atoms with van der Waals surface area (Å²) >= 11 is 0. The van der Waals surface area contributed by atoms with Gasteiger partial charge in [0.25, 0.3) is 0 Å². The number of carbonyl (C=O) groups is 1. The number of nitro benzene ring substituents is 1. The Hall–Kier alpha value is -2.41. The van der Waals surface area contributed by atoms with Crippen LogP contribution in [0, 0.1) is 10.1 Å². The first-order valence-electron chi connectivity index (χ1n) is 8.54. The van der Waals surface area contributed by atoms with E-state index in [9.17, 15) is 14.9 Å². The molecule has 136 valence electrons. The maximum absolute atomic E-state index is 12.2. The topological polar surface area (TPSA) is 81.9 Å². The second kappa shape index (κ2) is 8.62. The van der Waals surface area contributed by atoms with Crippen LogP contribution in [0.4, 0.5) is 5.69 Å². The zero-order valence-electron chi connectivity index (χ0n) is 14.9. The van der Waals surface area contributed by atoms with Crippen LogP contribution in [0.3, 0.4) is 0 Å². The van der Waals surface area contributed by atoms with E-state index < -0.39 is 4.92 Å². The highest BCUT2D eigenvalue weighted by molar-refractivity contribution is 6.01. The van der Waals surface area contributed by atoms with Gasteiger partial charge in [-0.05, 0) is 26.5 Å². The smallest absolute Gasteiger partial charge is 0.311 e. The van der Waals surface area contributed by atoms with Crippen LogP contribution < -0.4 is 9.47 Å². The van der Waals surface area contributed by atoms with Gasteiger partial charge in [0, 0.05) is 42.8 Å². The second-order valence-corrected chi connectivity index (χ2v) is 5.69. The molecule has 1 aromatic rings. The normalized spacial score (nSPS) is 16.9. The summed E-state index contributed by atoms with van der Waals surface area (Å²) in [5.74, 6) is 0.720. The molecule has 1 aliphatic heterocycles. The summed E-state index contributed by atoms with van der Waals surface area (Å²) in [6, 6.07) is 2.95. The van der Waals surface area contributed by atoms with Gasteiger partial charge in [-0.3, -0.25) is 19.8 Å². The number of hydrogen-bond donors (Lipinski definition) is 0. The molecule has 1 heterocycles. The molecule has 0 radical (unpaired) electrons. The Morgan fingerprint density at radius 3 is 2.48 bits per heavy atom. The molecular formula is C18H24N2O5. The molecule has 1 aromatic carbocycles. The Labute approximate surface area is 147 Å². The minimum Gasteiger partial charge on any atom is -0.493 e. The molecule has 1 aliphatic rings. The fraction of sp³-hybridized carbons (Fsp3) is 0.500. The molecule has 7 nitrogen and oxygen atoms in total. The number of benzene rings is 1. The summed E-state index contributed by atoms with van der Waals surface area (Å²) in [4.78, 5) is 25.3. The summed E-state index contributed by atoms with van der Waals surface area (Å²) in [5, 5.41) is 11.4. The van der Waals surface area contributed by atoms with Crippen LogP contribution in [0.2, 0.25) is 0 Å². The first-order valence-corrected chi connectivity index (χ1v) is 8.54. The Balaban J connectivity index is 2.50. The van der Waals surface area contributed by atoms with Crippen LogP contribution in [0.15, 0.2) is 17.7 Å². The number of nitrogens with zero attached hydrogens (tertiary/aromatic N) is 2. The summed E-state index contributed by atoms with van der Waals surface area (Å²) < 4.78 is 11.0. The lowest BCUT2D eigenvalue weighted by atomic mass is 9.99. The average Bonchev–Trinajstić information content (AvgIpc) is 2.59. The number of likely N-dealkylation sites (N-methyl/N-ethyl adjacent to an activating group) is 1. The minimum atomic E-state index is -0.482. The Bertz CT molecular complexity index is 684. The molecule has 1 fully saturated rings. The van der Waals surface area contributed by atoms with Crippen molar-refractivity contribution in [3.8, 4) is 11.5 Å². The second-order valence-electron chi connectivity index (χ2n) is 5.69. The quantitative estimate of drug-likeness (QED) is 0.428. The van der Waals surface area contributed by atoms with E-state index in [0.29, 0.717) is 43.1 Å². The van der Waals surface area contributed by atoms with E-state index in [1.807, 2.05) is 13.8 Å². The molecule has 0 saturated carbocycles. The predicted octanol–water partition coefficient (Wildman–Crippen LogP) is 3.07. The third kappa shape index (κ3) is 4.57. The lowest BCUT2D eigenvalue weighted by Gasteiger charge is -2.26. The number of piperidine rings is 1. The number of hydrogen-bond acceptors (Lipinski definition) is 6. The number of ether oxygens (including phenoxy) is 2. The van der Waals surface area contributed by atoms with Gasteiger partial charge < -0.3 is 9.47 Å². The SMILES string of the molecule is CCOc1cc(OCC)c([N+](=O)[O-])cc1/C=C1\CN(CC)CCC1=O. The largest absolute Gasteiger partial charge is 0.493 e. The van der Waals surface area contributed by atoms with Crippen molar-refractivity contribution >= 4 is 17.5 Å². The highest BCUT2D eigenvalue weighted by atomic mass is 16.6. The minimum absolute atomic E-state index is 0.0729. The van der Waals surface area contributed by atoms with E-state index in [1.165, 1.54) is 12.1 Å². The molecule has 0 spiro atoms. The fourth-order valence-electron chi connectivity index (χ4n) is 2.79. The highest BCUT2D eigenvalue weighted by Crippen LogP contribution is 2.36. The molecule has 0 bridgehead atoms. The van der Waals surface area contributed by atoms with E-state index in [-0.39, 0.29) is 17.2 Å². The van der Waals surface area contributed by atoms with Gasteiger partial charge in [-0.15, -0.1) is 0 Å². The van der Waals surface area contributed by atoms with Crippen molar-refractivity contribution in [2.24, 2.45) is 0 Å². The summed E-state index contributed by atoms with van der Waals surface area (Å²) in [7, 11) is 0. The Morgan fingerprint density at radius 1 is 1.20 bits per heavy atom. The first-order chi connectivity index (χ1) is 12.0. The molecule has 25 heavy (non-hydrogen) atoms. The van der Waals surface area contributed by atoms with Crippen molar-refractivity contribution in [3.63, 3.8) is 0 Å². The Morgan fingerprint density at radius 2 is 1.88 bits per heavy atom. The number of nitro groups is 1. The third-order valence-corrected chi connectivity index (χ3v) is 4.07. The van der Waals surface area contributed by atoms with Crippen molar-refractivity contribution in [3.05, 3.63) is 33.4 Å². The molecule has 1 saturated heterocycles. The first kappa shape index (κ1) is 18.9. The van der Waals surface area contributed by atoms with Gasteiger partial charge >= 0.3 is 5.69 Å². The number of carbonyl (C=O) groups excluding carboxylic acids is 1. The van der Waals surface area contributed by atoms with Gasteiger partial charge in [-0.2, -0.15) is 0 Å². The molecule has 0 atom stereocenters. The van der Waals surface area contributed by atoms with Gasteiger partial charge in [0.15, 0.2) is 5.78 Å². The molecule has 0 N–H and O–H groups in total. The lowest BCUT2D eigenvalue weighted by molar-refractivity contribution is -0.385. The van der Waals surface area contributed by atoms with Crippen LogP contribution in [0.5, 0.6) is 11.5 Å². The van der Waals surface area contributed by atoms with Gasteiger partial charge in [-0.1, -0.05) is 6.92 Å². The van der Waals surface area contributed by atoms with Gasteiger partial charge in [0.2, 0.25) is 5.75 Å². The van der Waals surface area contributed by atoms with E-state index in [4.69, 9.17) is 9.47 Å². The molecule has 0 unspecified atom stereocenters. The van der Waals surface area contributed by atoms with Crippen molar-refractivity contribution in [2.45, 2.75) is 27.2 Å². The number of rotatable bonds is 7. The molecular weight excluding hydrogens is 324 g/mol. The predicted molar refractivity (Wildman–Crippen MR) is 95.1 cm³/mol. The molecule has 2 rings (SSSR count). The van der Waals surface area contributed by atoms with E-state index >= 15 is 0 Å². The monoisotopic (exact) mass is 348 g/mol. The van der Waals surface area contributed by atoms with E-state index in [1.54, 1.807) is 13.0 Å². The van der Waals surface area contributed by atoms with Crippen molar-refractivity contribution < 1.29 is 19.2 Å². The molecule has 0 aromatic heterocycles.